The van der Waals surface area contributed by atoms with Crippen LogP contribution >= 0.6 is 0 Å². The Balaban J connectivity index is 1.76. The molecule has 0 aliphatic rings. The van der Waals surface area contributed by atoms with Crippen LogP contribution in [0.25, 0.3) is 10.9 Å². The fraction of sp³-hybridized carbons (Fsp3) is 0.118. The number of hydrogen-bond acceptors (Lipinski definition) is 2. The van der Waals surface area contributed by atoms with Gasteiger partial charge in [-0.2, -0.15) is 0 Å². The lowest BCUT2D eigenvalue weighted by Gasteiger charge is -2.15. The zero-order valence-electron chi connectivity index (χ0n) is 11.4. The van der Waals surface area contributed by atoms with Crippen molar-refractivity contribution in [3.05, 3.63) is 71.9 Å². The summed E-state index contributed by atoms with van der Waals surface area (Å²) in [5, 5.41) is 13.6. The van der Waals surface area contributed by atoms with Gasteiger partial charge in [0, 0.05) is 18.3 Å². The van der Waals surface area contributed by atoms with Gasteiger partial charge in [-0.25, -0.2) is 0 Å². The SMILES string of the molecule is O=C(O)C(NCc1ccc2[nH]ccc2c1)c1ccccc1. The molecule has 0 aliphatic carbocycles. The molecule has 3 N–H and O–H groups in total. The number of hydrogen-bond donors (Lipinski definition) is 3. The maximum absolute atomic E-state index is 11.4. The highest BCUT2D eigenvalue weighted by atomic mass is 16.4. The van der Waals surface area contributed by atoms with Gasteiger partial charge in [-0.1, -0.05) is 36.4 Å². The number of aliphatic carboxylic acids is 1. The number of nitrogens with one attached hydrogen (secondary N) is 2. The monoisotopic (exact) mass is 280 g/mol. The molecule has 1 atom stereocenters. The molecule has 0 saturated carbocycles. The Morgan fingerprint density at radius 3 is 2.71 bits per heavy atom. The predicted molar refractivity (Wildman–Crippen MR) is 82.0 cm³/mol. The van der Waals surface area contributed by atoms with Gasteiger partial charge in [-0.15, -0.1) is 0 Å². The highest BCUT2D eigenvalue weighted by Crippen LogP contribution is 2.17. The van der Waals surface area contributed by atoms with Gasteiger partial charge in [-0.3, -0.25) is 10.1 Å². The average Bonchev–Trinajstić information content (AvgIpc) is 2.96. The van der Waals surface area contributed by atoms with Gasteiger partial charge in [0.25, 0.3) is 0 Å². The minimum atomic E-state index is -0.871. The van der Waals surface area contributed by atoms with Crippen molar-refractivity contribution in [2.45, 2.75) is 12.6 Å². The van der Waals surface area contributed by atoms with Crippen LogP contribution in [-0.4, -0.2) is 16.1 Å². The van der Waals surface area contributed by atoms with Crippen LogP contribution in [0.4, 0.5) is 0 Å². The molecule has 0 radical (unpaired) electrons. The Labute approximate surface area is 122 Å². The van der Waals surface area contributed by atoms with Crippen LogP contribution in [0.2, 0.25) is 0 Å². The molecule has 0 bridgehead atoms. The summed E-state index contributed by atoms with van der Waals surface area (Å²) in [5.41, 5.74) is 2.90. The van der Waals surface area contributed by atoms with E-state index >= 15 is 0 Å². The molecule has 1 unspecified atom stereocenters. The molecule has 1 heterocycles. The molecule has 0 aliphatic heterocycles. The molecular formula is C17H16N2O2. The maximum Gasteiger partial charge on any atom is 0.325 e. The number of rotatable bonds is 5. The zero-order valence-corrected chi connectivity index (χ0v) is 11.4. The van der Waals surface area contributed by atoms with Crippen LogP contribution < -0.4 is 5.32 Å². The molecule has 1 aromatic heterocycles. The molecule has 0 fully saturated rings. The molecule has 2 aromatic carbocycles. The first-order chi connectivity index (χ1) is 10.2. The van der Waals surface area contributed by atoms with E-state index in [1.54, 1.807) is 0 Å². The zero-order chi connectivity index (χ0) is 14.7. The van der Waals surface area contributed by atoms with E-state index < -0.39 is 12.0 Å². The molecule has 3 rings (SSSR count). The second kappa shape index (κ2) is 5.81. The minimum absolute atomic E-state index is 0.507. The van der Waals surface area contributed by atoms with Gasteiger partial charge in [0.15, 0.2) is 0 Å². The van der Waals surface area contributed by atoms with Gasteiger partial charge in [0.1, 0.15) is 6.04 Å². The summed E-state index contributed by atoms with van der Waals surface area (Å²) in [6.45, 7) is 0.507. The van der Waals surface area contributed by atoms with Crippen molar-refractivity contribution in [2.75, 3.05) is 0 Å². The fourth-order valence-electron chi connectivity index (χ4n) is 2.43. The normalized spacial score (nSPS) is 12.4. The summed E-state index contributed by atoms with van der Waals surface area (Å²) in [5.74, 6) is -0.871. The summed E-state index contributed by atoms with van der Waals surface area (Å²) < 4.78 is 0. The summed E-state index contributed by atoms with van der Waals surface area (Å²) in [4.78, 5) is 14.6. The molecule has 0 saturated heterocycles. The van der Waals surface area contributed by atoms with Crippen molar-refractivity contribution in [3.8, 4) is 0 Å². The Morgan fingerprint density at radius 1 is 1.14 bits per heavy atom. The summed E-state index contributed by atoms with van der Waals surface area (Å²) in [6.07, 6.45) is 1.89. The van der Waals surface area contributed by atoms with Crippen molar-refractivity contribution < 1.29 is 9.90 Å². The van der Waals surface area contributed by atoms with Gasteiger partial charge in [-0.05, 0) is 34.7 Å². The van der Waals surface area contributed by atoms with Crippen molar-refractivity contribution in [1.82, 2.24) is 10.3 Å². The molecule has 106 valence electrons. The Kier molecular flexibility index (Phi) is 3.71. The van der Waals surface area contributed by atoms with Crippen LogP contribution in [0.5, 0.6) is 0 Å². The van der Waals surface area contributed by atoms with E-state index in [0.29, 0.717) is 6.54 Å². The molecule has 3 aromatic rings. The van der Waals surface area contributed by atoms with E-state index in [2.05, 4.69) is 16.4 Å². The number of carboxylic acid groups (broad SMARTS) is 1. The second-order valence-corrected chi connectivity index (χ2v) is 4.96. The van der Waals surface area contributed by atoms with E-state index in [1.165, 1.54) is 0 Å². The number of benzene rings is 2. The third kappa shape index (κ3) is 2.95. The lowest BCUT2D eigenvalue weighted by Crippen LogP contribution is -2.28. The third-order valence-electron chi connectivity index (χ3n) is 3.51. The number of aromatic nitrogens is 1. The van der Waals surface area contributed by atoms with Crippen molar-refractivity contribution >= 4 is 16.9 Å². The van der Waals surface area contributed by atoms with Gasteiger partial charge in [0.05, 0.1) is 0 Å². The van der Waals surface area contributed by atoms with Crippen LogP contribution in [-0.2, 0) is 11.3 Å². The summed E-state index contributed by atoms with van der Waals surface area (Å²) >= 11 is 0. The number of aromatic amines is 1. The average molecular weight is 280 g/mol. The van der Waals surface area contributed by atoms with E-state index in [-0.39, 0.29) is 0 Å². The number of carbonyl (C=O) groups is 1. The van der Waals surface area contributed by atoms with Gasteiger partial charge >= 0.3 is 5.97 Å². The van der Waals surface area contributed by atoms with Crippen molar-refractivity contribution in [2.24, 2.45) is 0 Å². The molecular weight excluding hydrogens is 264 g/mol. The lowest BCUT2D eigenvalue weighted by atomic mass is 10.1. The first kappa shape index (κ1) is 13.4. The quantitative estimate of drug-likeness (QED) is 0.673. The standard InChI is InChI=1S/C17H16N2O2/c20-17(21)16(13-4-2-1-3-5-13)19-11-12-6-7-15-14(10-12)8-9-18-15/h1-10,16,18-19H,11H2,(H,20,21). The van der Waals surface area contributed by atoms with Gasteiger partial charge in [0.2, 0.25) is 0 Å². The highest BCUT2D eigenvalue weighted by Gasteiger charge is 2.18. The molecule has 21 heavy (non-hydrogen) atoms. The van der Waals surface area contributed by atoms with E-state index in [4.69, 9.17) is 0 Å². The Morgan fingerprint density at radius 2 is 1.95 bits per heavy atom. The fourth-order valence-corrected chi connectivity index (χ4v) is 2.43. The molecule has 4 heteroatoms. The number of H-pyrrole nitrogens is 1. The largest absolute Gasteiger partial charge is 0.480 e. The Hall–Kier alpha value is -2.59. The van der Waals surface area contributed by atoms with Crippen molar-refractivity contribution in [3.63, 3.8) is 0 Å². The second-order valence-electron chi connectivity index (χ2n) is 4.96. The number of carboxylic acids is 1. The first-order valence-electron chi connectivity index (χ1n) is 6.81. The molecule has 0 spiro atoms. The summed E-state index contributed by atoms with van der Waals surface area (Å²) in [6, 6.07) is 16.6. The van der Waals surface area contributed by atoms with E-state index in [1.807, 2.05) is 54.7 Å². The minimum Gasteiger partial charge on any atom is -0.480 e. The molecule has 4 nitrogen and oxygen atoms in total. The van der Waals surface area contributed by atoms with Crippen molar-refractivity contribution in [1.29, 1.82) is 0 Å². The predicted octanol–water partition coefficient (Wildman–Crippen LogP) is 3.08. The third-order valence-corrected chi connectivity index (χ3v) is 3.51. The number of fused-ring (bicyclic) bond motifs is 1. The van der Waals surface area contributed by atoms with Crippen LogP contribution in [0.15, 0.2) is 60.8 Å². The van der Waals surface area contributed by atoms with Crippen LogP contribution in [0.3, 0.4) is 0 Å². The summed E-state index contributed by atoms with van der Waals surface area (Å²) in [7, 11) is 0. The highest BCUT2D eigenvalue weighted by molar-refractivity contribution is 5.80. The van der Waals surface area contributed by atoms with Crippen LogP contribution in [0.1, 0.15) is 17.2 Å². The smallest absolute Gasteiger partial charge is 0.325 e. The molecule has 0 amide bonds. The lowest BCUT2D eigenvalue weighted by molar-refractivity contribution is -0.139. The van der Waals surface area contributed by atoms with E-state index in [0.717, 1.165) is 22.0 Å². The first-order valence-corrected chi connectivity index (χ1v) is 6.81. The van der Waals surface area contributed by atoms with Gasteiger partial charge < -0.3 is 10.1 Å². The van der Waals surface area contributed by atoms with E-state index in [9.17, 15) is 9.90 Å². The van der Waals surface area contributed by atoms with Crippen LogP contribution in [0, 0.1) is 0 Å². The Bertz CT molecular complexity index is 750. The topological polar surface area (TPSA) is 65.1 Å². The maximum atomic E-state index is 11.4.